The first-order valence-electron chi connectivity index (χ1n) is 8.44. The maximum atomic E-state index is 13.1. The van der Waals surface area contributed by atoms with Gasteiger partial charge < -0.3 is 4.90 Å². The standard InChI is InChI=1S/C18H17BrN2O2S2/c1-2-20-13-8-7-10(19)9-12(13)14(16(20)22)15-17(23)21(18(24)25-15)11-5-3-4-6-11/h7-9,11H,2-6H2,1H3/b15-14-. The quantitative estimate of drug-likeness (QED) is 0.510. The number of hydrogen-bond acceptors (Lipinski definition) is 4. The van der Waals surface area contributed by atoms with E-state index in [9.17, 15) is 9.59 Å². The smallest absolute Gasteiger partial charge is 0.267 e. The number of thioether (sulfide) groups is 1. The molecule has 25 heavy (non-hydrogen) atoms. The zero-order valence-corrected chi connectivity index (χ0v) is 17.0. The van der Waals surface area contributed by atoms with Gasteiger partial charge in [0.15, 0.2) is 0 Å². The van der Waals surface area contributed by atoms with E-state index in [1.807, 2.05) is 25.1 Å². The van der Waals surface area contributed by atoms with Crippen molar-refractivity contribution in [2.45, 2.75) is 38.6 Å². The van der Waals surface area contributed by atoms with E-state index in [0.29, 0.717) is 21.3 Å². The lowest BCUT2D eigenvalue weighted by atomic mass is 10.1. The van der Waals surface area contributed by atoms with Crippen LogP contribution in [0.4, 0.5) is 5.69 Å². The summed E-state index contributed by atoms with van der Waals surface area (Å²) in [5, 5.41) is 0. The molecule has 1 saturated heterocycles. The Morgan fingerprint density at radius 1 is 1.24 bits per heavy atom. The van der Waals surface area contributed by atoms with Gasteiger partial charge in [-0.1, -0.05) is 52.8 Å². The lowest BCUT2D eigenvalue weighted by Crippen LogP contribution is -2.37. The molecule has 0 N–H and O–H groups in total. The number of fused-ring (bicyclic) bond motifs is 1. The van der Waals surface area contributed by atoms with E-state index < -0.39 is 0 Å². The second-order valence-electron chi connectivity index (χ2n) is 6.40. The SMILES string of the molecule is CCN1C(=O)/C(=C2\SC(=S)N(C3CCCC3)C2=O)c2cc(Br)ccc21. The van der Waals surface area contributed by atoms with Gasteiger partial charge in [-0.05, 0) is 38.0 Å². The minimum absolute atomic E-state index is 0.103. The molecule has 0 radical (unpaired) electrons. The molecule has 4 rings (SSSR count). The van der Waals surface area contributed by atoms with Crippen LogP contribution in [0.1, 0.15) is 38.2 Å². The molecule has 130 valence electrons. The van der Waals surface area contributed by atoms with Crippen LogP contribution in [0.25, 0.3) is 5.57 Å². The van der Waals surface area contributed by atoms with Crippen molar-refractivity contribution in [2.24, 2.45) is 0 Å². The van der Waals surface area contributed by atoms with Crippen molar-refractivity contribution >= 4 is 67.3 Å². The van der Waals surface area contributed by atoms with E-state index in [1.165, 1.54) is 11.8 Å². The van der Waals surface area contributed by atoms with Gasteiger partial charge in [0, 0.05) is 22.6 Å². The van der Waals surface area contributed by atoms with Gasteiger partial charge in [-0.15, -0.1) is 0 Å². The van der Waals surface area contributed by atoms with E-state index in [-0.39, 0.29) is 17.9 Å². The van der Waals surface area contributed by atoms with Gasteiger partial charge in [0.25, 0.3) is 11.8 Å². The number of rotatable bonds is 2. The number of anilines is 1. The van der Waals surface area contributed by atoms with Crippen LogP contribution in [-0.4, -0.2) is 33.6 Å². The first-order valence-corrected chi connectivity index (χ1v) is 10.5. The molecule has 1 aromatic carbocycles. The summed E-state index contributed by atoms with van der Waals surface area (Å²) in [5.41, 5.74) is 2.17. The fourth-order valence-corrected chi connectivity index (χ4v) is 5.68. The molecule has 2 heterocycles. The maximum Gasteiger partial charge on any atom is 0.267 e. The maximum absolute atomic E-state index is 13.1. The molecule has 1 aliphatic carbocycles. The van der Waals surface area contributed by atoms with Gasteiger partial charge >= 0.3 is 0 Å². The molecule has 2 aliphatic heterocycles. The number of nitrogens with zero attached hydrogens (tertiary/aromatic N) is 2. The van der Waals surface area contributed by atoms with Gasteiger partial charge in [-0.2, -0.15) is 0 Å². The summed E-state index contributed by atoms with van der Waals surface area (Å²) >= 11 is 10.2. The number of halogens is 1. The average Bonchev–Trinajstić information content (AvgIpc) is 3.25. The first kappa shape index (κ1) is 17.2. The fraction of sp³-hybridized carbons (Fsp3) is 0.389. The minimum Gasteiger partial charge on any atom is -0.308 e. The van der Waals surface area contributed by atoms with Crippen LogP contribution in [0.15, 0.2) is 27.6 Å². The topological polar surface area (TPSA) is 40.6 Å². The van der Waals surface area contributed by atoms with Crippen LogP contribution in [0.5, 0.6) is 0 Å². The summed E-state index contributed by atoms with van der Waals surface area (Å²) in [6, 6.07) is 5.94. The highest BCUT2D eigenvalue weighted by atomic mass is 79.9. The van der Waals surface area contributed by atoms with Crippen molar-refractivity contribution in [1.82, 2.24) is 4.90 Å². The monoisotopic (exact) mass is 436 g/mol. The van der Waals surface area contributed by atoms with Crippen molar-refractivity contribution < 1.29 is 9.59 Å². The van der Waals surface area contributed by atoms with Gasteiger partial charge in [-0.25, -0.2) is 0 Å². The molecule has 0 atom stereocenters. The van der Waals surface area contributed by atoms with Gasteiger partial charge in [0.1, 0.15) is 4.32 Å². The van der Waals surface area contributed by atoms with Crippen molar-refractivity contribution in [3.05, 3.63) is 33.1 Å². The highest BCUT2D eigenvalue weighted by Crippen LogP contribution is 2.46. The molecule has 1 saturated carbocycles. The Morgan fingerprint density at radius 3 is 2.64 bits per heavy atom. The Bertz CT molecular complexity index is 830. The molecule has 3 aliphatic rings. The third kappa shape index (κ3) is 2.67. The van der Waals surface area contributed by atoms with Crippen LogP contribution in [-0.2, 0) is 9.59 Å². The summed E-state index contributed by atoms with van der Waals surface area (Å²) in [7, 11) is 0. The van der Waals surface area contributed by atoms with E-state index in [0.717, 1.165) is 41.4 Å². The normalized spacial score (nSPS) is 24.0. The Morgan fingerprint density at radius 2 is 1.96 bits per heavy atom. The summed E-state index contributed by atoms with van der Waals surface area (Å²) in [4.78, 5) is 30.0. The van der Waals surface area contributed by atoms with Crippen molar-refractivity contribution in [2.75, 3.05) is 11.4 Å². The van der Waals surface area contributed by atoms with Crippen LogP contribution >= 0.6 is 39.9 Å². The van der Waals surface area contributed by atoms with Gasteiger partial charge in [0.2, 0.25) is 0 Å². The Labute approximate surface area is 164 Å². The number of amides is 2. The van der Waals surface area contributed by atoms with E-state index in [1.54, 1.807) is 9.80 Å². The zero-order chi connectivity index (χ0) is 17.7. The molecule has 0 spiro atoms. The lowest BCUT2D eigenvalue weighted by Gasteiger charge is -2.22. The number of carbonyl (C=O) groups excluding carboxylic acids is 2. The highest BCUT2D eigenvalue weighted by Gasteiger charge is 2.44. The Balaban J connectivity index is 1.83. The highest BCUT2D eigenvalue weighted by molar-refractivity contribution is 9.10. The lowest BCUT2D eigenvalue weighted by molar-refractivity contribution is -0.123. The molecule has 1 aromatic rings. The van der Waals surface area contributed by atoms with Crippen molar-refractivity contribution in [1.29, 1.82) is 0 Å². The van der Waals surface area contributed by atoms with Gasteiger partial charge in [0.05, 0.1) is 16.2 Å². The summed E-state index contributed by atoms with van der Waals surface area (Å²) in [6.45, 7) is 2.51. The van der Waals surface area contributed by atoms with Crippen LogP contribution in [0.2, 0.25) is 0 Å². The predicted octanol–water partition coefficient (Wildman–Crippen LogP) is 4.33. The van der Waals surface area contributed by atoms with E-state index in [2.05, 4.69) is 15.9 Å². The number of carbonyl (C=O) groups is 2. The van der Waals surface area contributed by atoms with Crippen molar-refractivity contribution in [3.8, 4) is 0 Å². The number of thiocarbonyl (C=S) groups is 1. The second-order valence-corrected chi connectivity index (χ2v) is 8.96. The molecule has 4 nitrogen and oxygen atoms in total. The minimum atomic E-state index is -0.109. The number of likely N-dealkylation sites (N-methyl/N-ethyl adjacent to an activating group) is 1. The second kappa shape index (κ2) is 6.52. The zero-order valence-electron chi connectivity index (χ0n) is 13.8. The number of hydrogen-bond donors (Lipinski definition) is 0. The van der Waals surface area contributed by atoms with Crippen LogP contribution < -0.4 is 4.90 Å². The van der Waals surface area contributed by atoms with E-state index >= 15 is 0 Å². The Kier molecular flexibility index (Phi) is 4.50. The molecule has 2 amide bonds. The van der Waals surface area contributed by atoms with E-state index in [4.69, 9.17) is 12.2 Å². The predicted molar refractivity (Wildman–Crippen MR) is 108 cm³/mol. The molecular formula is C18H17BrN2O2S2. The molecule has 7 heteroatoms. The van der Waals surface area contributed by atoms with Gasteiger partial charge in [-0.3, -0.25) is 14.5 Å². The summed E-state index contributed by atoms with van der Waals surface area (Å²) in [5.74, 6) is -0.211. The molecule has 0 aromatic heterocycles. The third-order valence-corrected chi connectivity index (χ3v) is 6.90. The summed E-state index contributed by atoms with van der Waals surface area (Å²) < 4.78 is 1.47. The fourth-order valence-electron chi connectivity index (χ4n) is 3.84. The molecule has 2 fully saturated rings. The number of benzene rings is 1. The summed E-state index contributed by atoms with van der Waals surface area (Å²) in [6.07, 6.45) is 4.25. The van der Waals surface area contributed by atoms with Crippen LogP contribution in [0, 0.1) is 0 Å². The average molecular weight is 437 g/mol. The molecule has 0 bridgehead atoms. The first-order chi connectivity index (χ1) is 12.0. The van der Waals surface area contributed by atoms with Crippen LogP contribution in [0.3, 0.4) is 0 Å². The third-order valence-electron chi connectivity index (χ3n) is 5.01. The largest absolute Gasteiger partial charge is 0.308 e. The molecular weight excluding hydrogens is 420 g/mol. The van der Waals surface area contributed by atoms with Crippen molar-refractivity contribution in [3.63, 3.8) is 0 Å². The molecule has 0 unspecified atom stereocenters. The Hall–Kier alpha value is -1.18.